The third-order valence-corrected chi connectivity index (χ3v) is 9.18. The van der Waals surface area contributed by atoms with Crippen LogP contribution in [0.5, 0.6) is 0 Å². The van der Waals surface area contributed by atoms with Crippen LogP contribution in [0.4, 0.5) is 17.6 Å². The van der Waals surface area contributed by atoms with Gasteiger partial charge in [-0.25, -0.2) is 9.40 Å². The molecule has 5 rings (SSSR count). The molecule has 2 heterocycles. The summed E-state index contributed by atoms with van der Waals surface area (Å²) in [6, 6.07) is 13.5. The number of nitrogens with zero attached hydrogens (tertiary/aromatic N) is 5. The molecule has 1 amide bonds. The number of halogens is 4. The van der Waals surface area contributed by atoms with E-state index in [9.17, 15) is 22.4 Å². The Morgan fingerprint density at radius 2 is 1.81 bits per heavy atom. The molecule has 0 saturated carbocycles. The van der Waals surface area contributed by atoms with Crippen molar-refractivity contribution in [2.75, 3.05) is 19.6 Å². The van der Waals surface area contributed by atoms with E-state index >= 15 is 0 Å². The standard InChI is InChI=1S/C36H43F4N5O2/c1-4-34-41-45(33(42-47-34)18-11-26-7-6-8-31(37)23-26)25(3)35(46)44(32-19-21-43(5-2)22-20-32)24-27-9-12-28(13-10-27)29-14-16-30(17-15-29)36(38,39)40/h6-10,12-16,23,25,30,32H,4-5,11,17-22,24H2,1-3H3. The van der Waals surface area contributed by atoms with Crippen LogP contribution in [-0.4, -0.2) is 70.3 Å². The van der Waals surface area contributed by atoms with Gasteiger partial charge in [0.15, 0.2) is 5.84 Å². The highest BCUT2D eigenvalue weighted by molar-refractivity contribution is 5.92. The zero-order valence-corrected chi connectivity index (χ0v) is 27.2. The molecule has 252 valence electrons. The number of allylic oxidation sites excluding steroid dienone is 4. The van der Waals surface area contributed by atoms with Gasteiger partial charge < -0.3 is 14.6 Å². The summed E-state index contributed by atoms with van der Waals surface area (Å²) in [5.41, 5.74) is 3.33. The summed E-state index contributed by atoms with van der Waals surface area (Å²) >= 11 is 0. The minimum atomic E-state index is -4.25. The zero-order chi connectivity index (χ0) is 33.6. The van der Waals surface area contributed by atoms with Crippen molar-refractivity contribution in [3.8, 4) is 0 Å². The van der Waals surface area contributed by atoms with Crippen LogP contribution in [0.15, 0.2) is 77.0 Å². The summed E-state index contributed by atoms with van der Waals surface area (Å²) in [5, 5.41) is 10.6. The average molecular weight is 654 g/mol. The molecule has 2 unspecified atom stereocenters. The highest BCUT2D eigenvalue weighted by atomic mass is 19.4. The molecule has 3 aliphatic rings. The summed E-state index contributed by atoms with van der Waals surface area (Å²) in [6.45, 7) is 9.01. The van der Waals surface area contributed by atoms with Gasteiger partial charge in [0.05, 0.1) is 5.92 Å². The number of amides is 1. The molecule has 2 atom stereocenters. The predicted molar refractivity (Wildman–Crippen MR) is 176 cm³/mol. The predicted octanol–water partition coefficient (Wildman–Crippen LogP) is 7.55. The average Bonchev–Trinajstić information content (AvgIpc) is 3.09. The van der Waals surface area contributed by atoms with Crippen molar-refractivity contribution in [3.05, 3.63) is 89.3 Å². The highest BCUT2D eigenvalue weighted by Gasteiger charge is 2.38. The fourth-order valence-electron chi connectivity index (χ4n) is 6.25. The fourth-order valence-corrected chi connectivity index (χ4v) is 6.25. The van der Waals surface area contributed by atoms with E-state index in [4.69, 9.17) is 4.84 Å². The van der Waals surface area contributed by atoms with Gasteiger partial charge in [-0.3, -0.25) is 4.79 Å². The number of hydrogen-bond donors (Lipinski definition) is 0. The van der Waals surface area contributed by atoms with Crippen molar-refractivity contribution in [2.24, 2.45) is 16.2 Å². The Morgan fingerprint density at radius 3 is 2.43 bits per heavy atom. The van der Waals surface area contributed by atoms with E-state index in [-0.39, 0.29) is 24.2 Å². The van der Waals surface area contributed by atoms with Crippen molar-refractivity contribution in [1.29, 1.82) is 0 Å². The van der Waals surface area contributed by atoms with Gasteiger partial charge in [0.1, 0.15) is 11.9 Å². The summed E-state index contributed by atoms with van der Waals surface area (Å²) < 4.78 is 53.2. The van der Waals surface area contributed by atoms with Crippen molar-refractivity contribution >= 4 is 23.2 Å². The van der Waals surface area contributed by atoms with Crippen LogP contribution < -0.4 is 0 Å². The molecule has 0 N–H and O–H groups in total. The quantitative estimate of drug-likeness (QED) is 0.235. The Bertz CT molecular complexity index is 1510. The Hall–Kier alpha value is -3.99. The number of aryl methyl sites for hydroxylation is 1. The fraction of sp³-hybridized carbons (Fsp3) is 0.472. The number of piperidine rings is 1. The normalized spacial score (nSPS) is 19.9. The minimum Gasteiger partial charge on any atom is -0.338 e. The second-order valence-electron chi connectivity index (χ2n) is 12.3. The number of oxime groups is 1. The molecule has 2 aromatic rings. The Kier molecular flexibility index (Phi) is 11.2. The number of benzene rings is 2. The van der Waals surface area contributed by atoms with Crippen molar-refractivity contribution in [1.82, 2.24) is 14.8 Å². The largest absolute Gasteiger partial charge is 0.395 e. The first-order chi connectivity index (χ1) is 22.5. The number of carbonyl (C=O) groups is 1. The number of alkyl halides is 3. The van der Waals surface area contributed by atoms with Crippen LogP contribution in [0.3, 0.4) is 0 Å². The lowest BCUT2D eigenvalue weighted by Crippen LogP contribution is -2.53. The summed E-state index contributed by atoms with van der Waals surface area (Å²) in [7, 11) is 0. The summed E-state index contributed by atoms with van der Waals surface area (Å²) in [5.74, 6) is -0.943. The number of hydrazone groups is 1. The first-order valence-electron chi connectivity index (χ1n) is 16.5. The number of amidine groups is 1. The van der Waals surface area contributed by atoms with Gasteiger partial charge in [0, 0.05) is 38.5 Å². The first kappa shape index (κ1) is 34.3. The van der Waals surface area contributed by atoms with E-state index in [2.05, 4.69) is 22.1 Å². The molecule has 7 nitrogen and oxygen atoms in total. The maximum Gasteiger partial charge on any atom is 0.395 e. The lowest BCUT2D eigenvalue weighted by molar-refractivity contribution is -0.160. The van der Waals surface area contributed by atoms with E-state index < -0.39 is 18.1 Å². The number of carbonyl (C=O) groups excluding carboxylic acids is 1. The van der Waals surface area contributed by atoms with Crippen molar-refractivity contribution in [3.63, 3.8) is 0 Å². The molecule has 0 radical (unpaired) electrons. The van der Waals surface area contributed by atoms with Crippen LogP contribution >= 0.6 is 0 Å². The van der Waals surface area contributed by atoms with E-state index in [1.54, 1.807) is 17.2 Å². The lowest BCUT2D eigenvalue weighted by atomic mass is 9.92. The number of hydrogen-bond acceptors (Lipinski definition) is 6. The maximum atomic E-state index is 14.4. The molecule has 0 spiro atoms. The number of likely N-dealkylation sites (tertiary alicyclic amines) is 1. The van der Waals surface area contributed by atoms with Crippen LogP contribution in [0, 0.1) is 11.7 Å². The molecule has 11 heteroatoms. The molecule has 2 aromatic carbocycles. The van der Waals surface area contributed by atoms with Gasteiger partial charge in [-0.15, -0.1) is 5.10 Å². The van der Waals surface area contributed by atoms with E-state index in [1.165, 1.54) is 24.3 Å². The van der Waals surface area contributed by atoms with E-state index in [0.29, 0.717) is 37.5 Å². The molecule has 2 aliphatic heterocycles. The highest BCUT2D eigenvalue weighted by Crippen LogP contribution is 2.35. The van der Waals surface area contributed by atoms with Crippen LogP contribution in [-0.2, 0) is 22.6 Å². The van der Waals surface area contributed by atoms with Crippen LogP contribution in [0.25, 0.3) is 5.57 Å². The van der Waals surface area contributed by atoms with Gasteiger partial charge in [0.25, 0.3) is 0 Å². The van der Waals surface area contributed by atoms with Gasteiger partial charge >= 0.3 is 6.18 Å². The molecular formula is C36H43F4N5O2. The third kappa shape index (κ3) is 8.68. The second-order valence-corrected chi connectivity index (χ2v) is 12.3. The Balaban J connectivity index is 1.34. The first-order valence-corrected chi connectivity index (χ1v) is 16.5. The monoisotopic (exact) mass is 653 g/mol. The van der Waals surface area contributed by atoms with Crippen LogP contribution in [0.2, 0.25) is 0 Å². The third-order valence-electron chi connectivity index (χ3n) is 9.18. The van der Waals surface area contributed by atoms with Crippen molar-refractivity contribution < 1.29 is 27.2 Å². The molecule has 1 aliphatic carbocycles. The van der Waals surface area contributed by atoms with Gasteiger partial charge in [-0.05, 0) is 73.5 Å². The Morgan fingerprint density at radius 1 is 1.06 bits per heavy atom. The van der Waals surface area contributed by atoms with Gasteiger partial charge in [0.2, 0.25) is 11.8 Å². The molecular weight excluding hydrogens is 610 g/mol. The molecule has 47 heavy (non-hydrogen) atoms. The van der Waals surface area contributed by atoms with E-state index in [1.807, 2.05) is 49.1 Å². The molecule has 1 saturated heterocycles. The summed E-state index contributed by atoms with van der Waals surface area (Å²) in [4.78, 5) is 24.3. The van der Waals surface area contributed by atoms with Crippen LogP contribution in [0.1, 0.15) is 69.6 Å². The second kappa shape index (κ2) is 15.3. The van der Waals surface area contributed by atoms with Crippen molar-refractivity contribution in [2.45, 2.75) is 84.1 Å². The molecule has 0 bridgehead atoms. The van der Waals surface area contributed by atoms with Gasteiger partial charge in [-0.2, -0.15) is 13.2 Å². The molecule has 1 fully saturated rings. The van der Waals surface area contributed by atoms with E-state index in [0.717, 1.165) is 54.7 Å². The lowest BCUT2D eigenvalue weighted by Gasteiger charge is -2.40. The minimum absolute atomic E-state index is 0.0269. The maximum absolute atomic E-state index is 14.4. The smallest absolute Gasteiger partial charge is 0.338 e. The van der Waals surface area contributed by atoms with Gasteiger partial charge in [-0.1, -0.05) is 73.6 Å². The zero-order valence-electron chi connectivity index (χ0n) is 27.2. The summed E-state index contributed by atoms with van der Waals surface area (Å²) in [6.07, 6.45) is 3.17. The molecule has 0 aromatic heterocycles. The topological polar surface area (TPSA) is 60.7 Å². The number of rotatable bonds is 11. The SMILES string of the molecule is CCC1=NN(C(C)C(=O)N(Cc2ccc(C3=CCC(C(F)(F)F)C=C3)cc2)C2CCN(CC)CC2)C(CCc2cccc(F)c2)=NO1. The Labute approximate surface area is 274 Å².